The minimum atomic E-state index is -4.71. The van der Waals surface area contributed by atoms with Gasteiger partial charge in [-0.25, -0.2) is 4.79 Å². The number of amides is 1. The topological polar surface area (TPSA) is 66.4 Å². The lowest BCUT2D eigenvalue weighted by molar-refractivity contribution is -0.139. The Morgan fingerprint density at radius 1 is 1.12 bits per heavy atom. The fraction of sp³-hybridized carbons (Fsp3) is 0.176. The van der Waals surface area contributed by atoms with Crippen molar-refractivity contribution in [2.75, 3.05) is 0 Å². The SMILES string of the molecule is O=C(N[C@@H](Cc1cccc(I)c1)C(=O)O)c1ccccc1C(F)(F)F. The zero-order valence-corrected chi connectivity index (χ0v) is 14.8. The smallest absolute Gasteiger partial charge is 0.417 e. The number of carbonyl (C=O) groups is 2. The van der Waals surface area contributed by atoms with Crippen molar-refractivity contribution < 1.29 is 27.9 Å². The average Bonchev–Trinajstić information content (AvgIpc) is 2.53. The van der Waals surface area contributed by atoms with Crippen LogP contribution >= 0.6 is 22.6 Å². The number of carboxylic acids is 1. The molecule has 0 bridgehead atoms. The van der Waals surface area contributed by atoms with E-state index in [9.17, 15) is 27.9 Å². The zero-order valence-electron chi connectivity index (χ0n) is 12.7. The largest absolute Gasteiger partial charge is 0.480 e. The molecule has 132 valence electrons. The first kappa shape index (κ1) is 19.2. The number of alkyl halides is 3. The van der Waals surface area contributed by atoms with Gasteiger partial charge in [-0.15, -0.1) is 0 Å². The molecule has 2 N–H and O–H groups in total. The summed E-state index contributed by atoms with van der Waals surface area (Å²) in [5.74, 6) is -2.40. The van der Waals surface area contributed by atoms with E-state index in [-0.39, 0.29) is 6.42 Å². The fourth-order valence-electron chi connectivity index (χ4n) is 2.26. The van der Waals surface area contributed by atoms with Crippen molar-refractivity contribution in [3.05, 3.63) is 68.8 Å². The van der Waals surface area contributed by atoms with Crippen LogP contribution in [0.1, 0.15) is 21.5 Å². The second-order valence-electron chi connectivity index (χ2n) is 5.24. The third-order valence-electron chi connectivity index (χ3n) is 3.41. The lowest BCUT2D eigenvalue weighted by Gasteiger charge is -2.17. The lowest BCUT2D eigenvalue weighted by atomic mass is 10.0. The Balaban J connectivity index is 2.23. The van der Waals surface area contributed by atoms with Gasteiger partial charge < -0.3 is 10.4 Å². The number of hydrogen-bond donors (Lipinski definition) is 2. The minimum absolute atomic E-state index is 0.0356. The molecular weight excluding hydrogens is 450 g/mol. The quantitative estimate of drug-likeness (QED) is 0.665. The Hall–Kier alpha value is -2.10. The molecule has 1 atom stereocenters. The molecule has 0 spiro atoms. The van der Waals surface area contributed by atoms with Gasteiger partial charge >= 0.3 is 12.1 Å². The third-order valence-corrected chi connectivity index (χ3v) is 4.08. The Labute approximate surface area is 155 Å². The molecule has 0 aliphatic rings. The molecule has 2 rings (SSSR count). The van der Waals surface area contributed by atoms with Gasteiger partial charge in [0.2, 0.25) is 0 Å². The van der Waals surface area contributed by atoms with Crippen LogP contribution in [-0.2, 0) is 17.4 Å². The minimum Gasteiger partial charge on any atom is -0.480 e. The van der Waals surface area contributed by atoms with Gasteiger partial charge in [0, 0.05) is 9.99 Å². The van der Waals surface area contributed by atoms with Crippen molar-refractivity contribution in [1.82, 2.24) is 5.32 Å². The number of halogens is 4. The highest BCUT2D eigenvalue weighted by Crippen LogP contribution is 2.31. The molecule has 8 heteroatoms. The summed E-state index contributed by atoms with van der Waals surface area (Å²) in [5, 5.41) is 11.5. The molecule has 0 unspecified atom stereocenters. The van der Waals surface area contributed by atoms with E-state index in [1.807, 2.05) is 6.07 Å². The normalized spacial score (nSPS) is 12.5. The Morgan fingerprint density at radius 2 is 1.80 bits per heavy atom. The van der Waals surface area contributed by atoms with Crippen LogP contribution in [0.3, 0.4) is 0 Å². The summed E-state index contributed by atoms with van der Waals surface area (Å²) in [7, 11) is 0. The van der Waals surface area contributed by atoms with Crippen LogP contribution in [-0.4, -0.2) is 23.0 Å². The fourth-order valence-corrected chi connectivity index (χ4v) is 2.87. The second kappa shape index (κ2) is 7.85. The van der Waals surface area contributed by atoms with Gasteiger partial charge in [-0.05, 0) is 52.4 Å². The van der Waals surface area contributed by atoms with E-state index in [2.05, 4.69) is 27.9 Å². The van der Waals surface area contributed by atoms with E-state index in [4.69, 9.17) is 0 Å². The van der Waals surface area contributed by atoms with Crippen LogP contribution in [0, 0.1) is 3.57 Å². The third kappa shape index (κ3) is 5.18. The summed E-state index contributed by atoms with van der Waals surface area (Å²) >= 11 is 2.06. The summed E-state index contributed by atoms with van der Waals surface area (Å²) in [6, 6.07) is 9.90. The van der Waals surface area contributed by atoms with Gasteiger partial charge in [-0.1, -0.05) is 24.3 Å². The highest BCUT2D eigenvalue weighted by atomic mass is 127. The first-order chi connectivity index (χ1) is 11.7. The van der Waals surface area contributed by atoms with Crippen molar-refractivity contribution in [3.63, 3.8) is 0 Å². The predicted octanol–water partition coefficient (Wildman–Crippen LogP) is 3.74. The monoisotopic (exact) mass is 463 g/mol. The molecule has 4 nitrogen and oxygen atoms in total. The standard InChI is InChI=1S/C17H13F3INO3/c18-17(19,20)13-7-2-1-6-12(13)15(23)22-14(16(24)25)9-10-4-3-5-11(21)8-10/h1-8,14H,9H2,(H,22,23)(H,24,25)/t14-/m0/s1. The maximum absolute atomic E-state index is 13.0. The summed E-state index contributed by atoms with van der Waals surface area (Å²) in [6.45, 7) is 0. The molecule has 0 saturated carbocycles. The van der Waals surface area contributed by atoms with Crippen molar-refractivity contribution in [2.45, 2.75) is 18.6 Å². The molecule has 0 radical (unpaired) electrons. The number of hydrogen-bond acceptors (Lipinski definition) is 2. The van der Waals surface area contributed by atoms with Crippen molar-refractivity contribution >= 4 is 34.5 Å². The number of benzene rings is 2. The molecule has 1 amide bonds. The Bertz CT molecular complexity index is 793. The highest BCUT2D eigenvalue weighted by molar-refractivity contribution is 14.1. The van der Waals surface area contributed by atoms with Gasteiger partial charge in [0.25, 0.3) is 5.91 Å². The van der Waals surface area contributed by atoms with Crippen LogP contribution in [0.15, 0.2) is 48.5 Å². The molecular formula is C17H13F3INO3. The summed E-state index contributed by atoms with van der Waals surface area (Å²) in [4.78, 5) is 23.6. The maximum Gasteiger partial charge on any atom is 0.417 e. The first-order valence-electron chi connectivity index (χ1n) is 7.13. The van der Waals surface area contributed by atoms with Gasteiger partial charge in [0.1, 0.15) is 6.04 Å². The van der Waals surface area contributed by atoms with E-state index in [0.717, 1.165) is 15.7 Å². The van der Waals surface area contributed by atoms with E-state index in [1.54, 1.807) is 18.2 Å². The van der Waals surface area contributed by atoms with Gasteiger partial charge in [0.05, 0.1) is 11.1 Å². The maximum atomic E-state index is 13.0. The number of rotatable bonds is 5. The van der Waals surface area contributed by atoms with Crippen molar-refractivity contribution in [2.24, 2.45) is 0 Å². The first-order valence-corrected chi connectivity index (χ1v) is 8.20. The van der Waals surface area contributed by atoms with Gasteiger partial charge in [-0.2, -0.15) is 13.2 Å². The van der Waals surface area contributed by atoms with E-state index >= 15 is 0 Å². The molecule has 0 fully saturated rings. The van der Waals surface area contributed by atoms with E-state index in [1.165, 1.54) is 12.1 Å². The van der Waals surface area contributed by atoms with Crippen molar-refractivity contribution in [1.29, 1.82) is 0 Å². The van der Waals surface area contributed by atoms with Crippen LogP contribution in [0.4, 0.5) is 13.2 Å². The van der Waals surface area contributed by atoms with Crippen LogP contribution in [0.2, 0.25) is 0 Å². The summed E-state index contributed by atoms with van der Waals surface area (Å²) in [6.07, 6.45) is -4.74. The molecule has 0 aliphatic heterocycles. The number of aliphatic carboxylic acids is 1. The van der Waals surface area contributed by atoms with Gasteiger partial charge in [0.15, 0.2) is 0 Å². The molecule has 0 heterocycles. The van der Waals surface area contributed by atoms with E-state index in [0.29, 0.717) is 5.56 Å². The van der Waals surface area contributed by atoms with Crippen molar-refractivity contribution in [3.8, 4) is 0 Å². The van der Waals surface area contributed by atoms with Crippen LogP contribution in [0.25, 0.3) is 0 Å². The molecule has 2 aromatic carbocycles. The zero-order chi connectivity index (χ0) is 18.6. The van der Waals surface area contributed by atoms with E-state index < -0.39 is 35.2 Å². The molecule has 25 heavy (non-hydrogen) atoms. The number of nitrogens with one attached hydrogen (secondary N) is 1. The number of carboxylic acid groups (broad SMARTS) is 1. The Kier molecular flexibility index (Phi) is 6.04. The van der Waals surface area contributed by atoms with Gasteiger partial charge in [-0.3, -0.25) is 4.79 Å². The predicted molar refractivity (Wildman–Crippen MR) is 93.2 cm³/mol. The molecule has 0 aromatic heterocycles. The molecule has 0 saturated heterocycles. The van der Waals surface area contributed by atoms with Crippen LogP contribution < -0.4 is 5.32 Å². The molecule has 0 aliphatic carbocycles. The highest BCUT2D eigenvalue weighted by Gasteiger charge is 2.35. The summed E-state index contributed by atoms with van der Waals surface area (Å²) < 4.78 is 39.9. The Morgan fingerprint density at radius 3 is 2.40 bits per heavy atom. The number of carbonyl (C=O) groups excluding carboxylic acids is 1. The lowest BCUT2D eigenvalue weighted by Crippen LogP contribution is -2.42. The second-order valence-corrected chi connectivity index (χ2v) is 6.49. The molecule has 2 aromatic rings. The van der Waals surface area contributed by atoms with Crippen LogP contribution in [0.5, 0.6) is 0 Å². The average molecular weight is 463 g/mol. The summed E-state index contributed by atoms with van der Waals surface area (Å²) in [5.41, 5.74) is -1.06.